The molecule has 4 N–H and O–H groups in total. The minimum absolute atomic E-state index is 0.00987. The summed E-state index contributed by atoms with van der Waals surface area (Å²) in [4.78, 5) is 7.69. The van der Waals surface area contributed by atoms with Gasteiger partial charge >= 0.3 is 0 Å². The molecular formula is C28H31N5O3. The van der Waals surface area contributed by atoms with Crippen LogP contribution in [-0.4, -0.2) is 43.8 Å². The number of ether oxygens (including phenoxy) is 3. The molecular weight excluding hydrogens is 454 g/mol. The first-order valence-corrected chi connectivity index (χ1v) is 11.9. The van der Waals surface area contributed by atoms with E-state index in [1.54, 1.807) is 12.2 Å². The fourth-order valence-electron chi connectivity index (χ4n) is 4.23. The number of hydrogen-bond acceptors (Lipinski definition) is 6. The lowest BCUT2D eigenvalue weighted by Crippen LogP contribution is -2.24. The molecule has 0 amide bonds. The summed E-state index contributed by atoms with van der Waals surface area (Å²) in [5.41, 5.74) is 9.85. The summed E-state index contributed by atoms with van der Waals surface area (Å²) in [5.74, 6) is 1.34. The average molecular weight is 486 g/mol. The summed E-state index contributed by atoms with van der Waals surface area (Å²) in [6.07, 6.45) is 6.25. The van der Waals surface area contributed by atoms with Crippen molar-refractivity contribution < 1.29 is 14.2 Å². The number of allylic oxidation sites excluding steroid dienone is 2. The molecule has 186 valence electrons. The molecule has 2 aliphatic heterocycles. The molecule has 1 saturated heterocycles. The maximum atomic E-state index is 9.88. The Hall–Kier alpha value is -4.22. The van der Waals surface area contributed by atoms with Gasteiger partial charge in [0.2, 0.25) is 0 Å². The minimum atomic E-state index is 0.00987. The monoisotopic (exact) mass is 485 g/mol. The molecule has 2 aliphatic rings. The van der Waals surface area contributed by atoms with Gasteiger partial charge in [-0.15, -0.1) is 0 Å². The van der Waals surface area contributed by atoms with E-state index >= 15 is 0 Å². The first-order chi connectivity index (χ1) is 17.5. The van der Waals surface area contributed by atoms with Crippen LogP contribution >= 0.6 is 0 Å². The highest BCUT2D eigenvalue weighted by atomic mass is 16.5. The number of nitrogens with zero attached hydrogens (tertiary/aromatic N) is 2. The van der Waals surface area contributed by atoms with Gasteiger partial charge in [-0.3, -0.25) is 0 Å². The van der Waals surface area contributed by atoms with Crippen molar-refractivity contribution in [3.63, 3.8) is 0 Å². The molecule has 36 heavy (non-hydrogen) atoms. The van der Waals surface area contributed by atoms with Gasteiger partial charge in [0, 0.05) is 41.2 Å². The van der Waals surface area contributed by atoms with Crippen molar-refractivity contribution in [2.75, 3.05) is 31.7 Å². The van der Waals surface area contributed by atoms with Crippen molar-refractivity contribution >= 4 is 24.3 Å². The number of hydrogen-bond donors (Lipinski definition) is 3. The van der Waals surface area contributed by atoms with Gasteiger partial charge in [-0.1, -0.05) is 13.2 Å². The van der Waals surface area contributed by atoms with Crippen molar-refractivity contribution in [3.05, 3.63) is 70.5 Å². The first kappa shape index (κ1) is 24.9. The Morgan fingerprint density at radius 3 is 2.81 bits per heavy atom. The second-order valence-electron chi connectivity index (χ2n) is 8.47. The van der Waals surface area contributed by atoms with Crippen molar-refractivity contribution in [1.82, 2.24) is 4.98 Å². The van der Waals surface area contributed by atoms with Crippen LogP contribution in [0.15, 0.2) is 64.9 Å². The Morgan fingerprint density at radius 1 is 1.28 bits per heavy atom. The molecule has 0 unspecified atom stereocenters. The Kier molecular flexibility index (Phi) is 7.93. The number of nitrogens with one attached hydrogen (secondary N) is 2. The lowest BCUT2D eigenvalue weighted by atomic mass is 10.1. The molecule has 8 heteroatoms. The number of nitriles is 1. The summed E-state index contributed by atoms with van der Waals surface area (Å²) in [6.45, 7) is 12.9. The molecule has 2 aromatic rings. The second kappa shape index (κ2) is 11.5. The van der Waals surface area contributed by atoms with Gasteiger partial charge in [0.05, 0.1) is 36.5 Å². The van der Waals surface area contributed by atoms with Crippen molar-refractivity contribution in [2.45, 2.75) is 25.9 Å². The molecule has 1 aromatic carbocycles. The lowest BCUT2D eigenvalue weighted by molar-refractivity contribution is -0.00147. The zero-order valence-electron chi connectivity index (χ0n) is 20.5. The highest BCUT2D eigenvalue weighted by Gasteiger charge is 2.19. The van der Waals surface area contributed by atoms with Crippen molar-refractivity contribution in [3.8, 4) is 23.1 Å². The molecule has 0 spiro atoms. The van der Waals surface area contributed by atoms with E-state index in [0.29, 0.717) is 47.8 Å². The van der Waals surface area contributed by atoms with E-state index in [-0.39, 0.29) is 6.10 Å². The molecule has 0 atom stereocenters. The Morgan fingerprint density at radius 2 is 2.08 bits per heavy atom. The topological polar surface area (TPSA) is 118 Å². The standard InChI is InChI=1S/C28H31N5O3/c1-4-26(36-22-7-10-34-11-8-22)21(16-29)13-18(2)28(32-17-30)23-15-24(33-19(23)3)20-5-6-27-25(14-20)31-9-12-35-27/h4-6,13-15,17,22,31,33H,2-3,7-12H2,1H3,(H2,30,32)/b21-13-,26-4+,28-23-. The van der Waals surface area contributed by atoms with Crippen LogP contribution in [-0.2, 0) is 9.47 Å². The number of rotatable bonds is 7. The van der Waals surface area contributed by atoms with E-state index in [1.807, 2.05) is 31.2 Å². The summed E-state index contributed by atoms with van der Waals surface area (Å²) in [6, 6.07) is 10.2. The Balaban J connectivity index is 1.68. The highest BCUT2D eigenvalue weighted by molar-refractivity contribution is 5.76. The third-order valence-electron chi connectivity index (χ3n) is 6.06. The average Bonchev–Trinajstić information content (AvgIpc) is 3.30. The molecule has 1 aromatic heterocycles. The zero-order chi connectivity index (χ0) is 25.5. The Labute approximate surface area is 210 Å². The largest absolute Gasteiger partial charge is 0.490 e. The summed E-state index contributed by atoms with van der Waals surface area (Å²) >= 11 is 0. The number of fused-ring (bicyclic) bond motifs is 1. The number of aliphatic imine (C=N–C) groups is 1. The minimum Gasteiger partial charge on any atom is -0.490 e. The number of nitrogens with two attached hydrogens (primary N) is 1. The van der Waals surface area contributed by atoms with Gasteiger partial charge in [-0.25, -0.2) is 4.99 Å². The summed E-state index contributed by atoms with van der Waals surface area (Å²) in [5, 5.41) is 14.6. The maximum absolute atomic E-state index is 9.88. The predicted octanol–water partition coefficient (Wildman–Crippen LogP) is 3.10. The fourth-order valence-corrected chi connectivity index (χ4v) is 4.23. The van der Waals surface area contributed by atoms with Crippen molar-refractivity contribution in [2.24, 2.45) is 10.7 Å². The zero-order valence-corrected chi connectivity index (χ0v) is 20.5. The third-order valence-corrected chi connectivity index (χ3v) is 6.06. The number of aromatic nitrogens is 1. The molecule has 0 bridgehead atoms. The smallest absolute Gasteiger partial charge is 0.142 e. The lowest BCUT2D eigenvalue weighted by Gasteiger charge is -2.24. The predicted molar refractivity (Wildman–Crippen MR) is 143 cm³/mol. The Bertz CT molecular complexity index is 1370. The first-order valence-electron chi connectivity index (χ1n) is 11.9. The van der Waals surface area contributed by atoms with Crippen LogP contribution in [0.2, 0.25) is 0 Å². The van der Waals surface area contributed by atoms with Crippen LogP contribution in [0.5, 0.6) is 5.75 Å². The molecule has 0 radical (unpaired) electrons. The molecule has 0 aliphatic carbocycles. The molecule has 0 saturated carbocycles. The third kappa shape index (κ3) is 5.53. The van der Waals surface area contributed by atoms with E-state index in [9.17, 15) is 5.26 Å². The van der Waals surface area contributed by atoms with Crippen LogP contribution < -0.4 is 26.4 Å². The number of benzene rings is 1. The second-order valence-corrected chi connectivity index (χ2v) is 8.47. The summed E-state index contributed by atoms with van der Waals surface area (Å²) in [7, 11) is 0. The fraction of sp³-hybridized carbons (Fsp3) is 0.286. The van der Waals surface area contributed by atoms with Crippen LogP contribution in [0.3, 0.4) is 0 Å². The van der Waals surface area contributed by atoms with Gasteiger partial charge in [-0.05, 0) is 48.9 Å². The van der Waals surface area contributed by atoms with Gasteiger partial charge in [0.25, 0.3) is 0 Å². The maximum Gasteiger partial charge on any atom is 0.142 e. The molecule has 1 fully saturated rings. The van der Waals surface area contributed by atoms with E-state index in [0.717, 1.165) is 47.3 Å². The molecule has 3 heterocycles. The van der Waals surface area contributed by atoms with Crippen LogP contribution in [0.25, 0.3) is 23.5 Å². The highest BCUT2D eigenvalue weighted by Crippen LogP contribution is 2.31. The van der Waals surface area contributed by atoms with Gasteiger partial charge in [0.1, 0.15) is 30.3 Å². The van der Waals surface area contributed by atoms with Gasteiger partial charge in [-0.2, -0.15) is 5.26 Å². The van der Waals surface area contributed by atoms with Crippen LogP contribution in [0.1, 0.15) is 19.8 Å². The summed E-state index contributed by atoms with van der Waals surface area (Å²) < 4.78 is 17.2. The van der Waals surface area contributed by atoms with Gasteiger partial charge in [0.15, 0.2) is 0 Å². The van der Waals surface area contributed by atoms with Crippen molar-refractivity contribution in [1.29, 1.82) is 5.26 Å². The normalized spacial score (nSPS) is 17.6. The van der Waals surface area contributed by atoms with Gasteiger partial charge < -0.3 is 30.2 Å². The van der Waals surface area contributed by atoms with E-state index in [2.05, 4.69) is 34.5 Å². The van der Waals surface area contributed by atoms with E-state index in [4.69, 9.17) is 19.9 Å². The molecule has 4 rings (SSSR count). The molecule has 8 nitrogen and oxygen atoms in total. The number of aromatic amines is 1. The SMILES string of the molecule is C=C(/C=C(C#N)\C(=C/C)OC1CCOCC1)/C(N=CN)=c1\cc(-c2ccc3c(c2)NCCO3)[nH]c1=C. The van der Waals surface area contributed by atoms with Crippen LogP contribution in [0, 0.1) is 11.3 Å². The van der Waals surface area contributed by atoms with Crippen LogP contribution in [0.4, 0.5) is 5.69 Å². The number of anilines is 1. The number of H-pyrrole nitrogens is 1. The van der Waals surface area contributed by atoms with E-state index in [1.165, 1.54) is 6.34 Å². The quantitative estimate of drug-likeness (QED) is 0.182. The van der Waals surface area contributed by atoms with E-state index < -0.39 is 0 Å².